The molecule has 1 aliphatic carbocycles. The fourth-order valence-electron chi connectivity index (χ4n) is 5.52. The van der Waals surface area contributed by atoms with Crippen molar-refractivity contribution in [3.63, 3.8) is 0 Å². The maximum atomic E-state index is 13.5. The van der Waals surface area contributed by atoms with Crippen molar-refractivity contribution in [3.8, 4) is 5.75 Å². The van der Waals surface area contributed by atoms with Crippen molar-refractivity contribution >= 4 is 23.5 Å². The van der Waals surface area contributed by atoms with Crippen LogP contribution in [-0.4, -0.2) is 54.5 Å². The minimum atomic E-state index is -0.718. The van der Waals surface area contributed by atoms with E-state index in [0.29, 0.717) is 30.2 Å². The Kier molecular flexibility index (Phi) is 6.02. The summed E-state index contributed by atoms with van der Waals surface area (Å²) in [5, 5.41) is 3.09. The quantitative estimate of drug-likeness (QED) is 0.727. The first-order chi connectivity index (χ1) is 16.5. The third-order valence-electron chi connectivity index (χ3n) is 7.30. The van der Waals surface area contributed by atoms with Crippen molar-refractivity contribution in [3.05, 3.63) is 59.7 Å². The molecule has 2 heterocycles. The van der Waals surface area contributed by atoms with Crippen molar-refractivity contribution in [1.29, 1.82) is 0 Å². The lowest BCUT2D eigenvalue weighted by Gasteiger charge is -2.44. The minimum absolute atomic E-state index is 0.00997. The summed E-state index contributed by atoms with van der Waals surface area (Å²) in [7, 11) is 1.62. The zero-order valence-electron chi connectivity index (χ0n) is 19.9. The van der Waals surface area contributed by atoms with Crippen LogP contribution < -0.4 is 15.0 Å². The lowest BCUT2D eigenvalue weighted by Crippen LogP contribution is -2.61. The van der Waals surface area contributed by atoms with Crippen LogP contribution in [0.4, 0.5) is 10.5 Å². The number of anilines is 1. The first-order valence-electron chi connectivity index (χ1n) is 12.2. The Morgan fingerprint density at radius 3 is 2.62 bits per heavy atom. The number of rotatable bonds is 4. The predicted octanol–water partition coefficient (Wildman–Crippen LogP) is 4.55. The largest absolute Gasteiger partial charge is 0.497 e. The zero-order valence-corrected chi connectivity index (χ0v) is 19.9. The highest BCUT2D eigenvalue weighted by Gasteiger charge is 2.54. The van der Waals surface area contributed by atoms with Crippen LogP contribution in [0.15, 0.2) is 53.5 Å². The molecule has 3 amide bonds. The molecule has 2 aromatic carbocycles. The van der Waals surface area contributed by atoms with Crippen LogP contribution in [0.3, 0.4) is 0 Å². The first kappa shape index (κ1) is 22.4. The molecule has 34 heavy (non-hydrogen) atoms. The van der Waals surface area contributed by atoms with Crippen LogP contribution in [0.25, 0.3) is 0 Å². The second kappa shape index (κ2) is 9.12. The number of nitrogens with one attached hydrogen (secondary N) is 1. The summed E-state index contributed by atoms with van der Waals surface area (Å²) in [5.74, 6) is 1.38. The molecule has 2 aromatic rings. The number of hydrogen-bond donors (Lipinski definition) is 1. The molecule has 1 unspecified atom stereocenters. The third kappa shape index (κ3) is 4.04. The Hall–Kier alpha value is -3.35. The van der Waals surface area contributed by atoms with Gasteiger partial charge in [0.05, 0.1) is 25.4 Å². The highest BCUT2D eigenvalue weighted by molar-refractivity contribution is 6.19. The van der Waals surface area contributed by atoms with Crippen LogP contribution in [-0.2, 0) is 0 Å². The second-order valence-corrected chi connectivity index (χ2v) is 9.61. The number of benzene rings is 2. The van der Waals surface area contributed by atoms with E-state index >= 15 is 0 Å². The van der Waals surface area contributed by atoms with Gasteiger partial charge in [0.1, 0.15) is 17.1 Å². The van der Waals surface area contributed by atoms with E-state index in [1.807, 2.05) is 60.4 Å². The number of nitrogens with zero attached hydrogens (tertiary/aromatic N) is 3. The van der Waals surface area contributed by atoms with Gasteiger partial charge in [0.25, 0.3) is 5.91 Å². The summed E-state index contributed by atoms with van der Waals surface area (Å²) in [6, 6.07) is 15.3. The van der Waals surface area contributed by atoms with Crippen LogP contribution in [0.2, 0.25) is 0 Å². The van der Waals surface area contributed by atoms with Crippen LogP contribution in [0.5, 0.6) is 5.75 Å². The molecule has 0 radical (unpaired) electrons. The number of amides is 3. The van der Waals surface area contributed by atoms with Gasteiger partial charge in [-0.2, -0.15) is 0 Å². The number of methoxy groups -OCH3 is 1. The smallest absolute Gasteiger partial charge is 0.328 e. The molecular formula is C27H32N4O3. The van der Waals surface area contributed by atoms with Crippen molar-refractivity contribution in [2.45, 2.75) is 57.0 Å². The summed E-state index contributed by atoms with van der Waals surface area (Å²) in [6.07, 6.45) is 5.95. The molecule has 0 bridgehead atoms. The van der Waals surface area contributed by atoms with Crippen molar-refractivity contribution in [2.24, 2.45) is 4.99 Å². The van der Waals surface area contributed by atoms with Crippen LogP contribution in [0, 0.1) is 6.92 Å². The maximum Gasteiger partial charge on any atom is 0.328 e. The van der Waals surface area contributed by atoms with E-state index in [1.165, 1.54) is 12.8 Å². The number of carbonyl (C=O) groups is 2. The van der Waals surface area contributed by atoms with Crippen LogP contribution >= 0.6 is 0 Å². The Balaban J connectivity index is 1.54. The van der Waals surface area contributed by atoms with Crippen molar-refractivity contribution < 1.29 is 14.3 Å². The number of ether oxygens (including phenoxy) is 1. The highest BCUT2D eigenvalue weighted by atomic mass is 16.5. The van der Waals surface area contributed by atoms with Gasteiger partial charge in [0, 0.05) is 18.2 Å². The summed E-state index contributed by atoms with van der Waals surface area (Å²) in [5.41, 5.74) is 1.82. The van der Waals surface area contributed by atoms with E-state index in [4.69, 9.17) is 9.73 Å². The Morgan fingerprint density at radius 1 is 1.12 bits per heavy atom. The monoisotopic (exact) mass is 460 g/mol. The number of carbonyl (C=O) groups excluding carboxylic acids is 2. The zero-order chi connectivity index (χ0) is 23.7. The summed E-state index contributed by atoms with van der Waals surface area (Å²) >= 11 is 0. The molecule has 3 fully saturated rings. The fourth-order valence-corrected chi connectivity index (χ4v) is 5.52. The Labute approximate surface area is 200 Å². The molecular weight excluding hydrogens is 428 g/mol. The molecule has 3 aliphatic rings. The van der Waals surface area contributed by atoms with Crippen molar-refractivity contribution in [1.82, 2.24) is 10.2 Å². The van der Waals surface area contributed by atoms with E-state index in [2.05, 4.69) is 5.32 Å². The lowest BCUT2D eigenvalue weighted by atomic mass is 9.86. The molecule has 1 spiro atoms. The van der Waals surface area contributed by atoms with E-state index < -0.39 is 5.54 Å². The highest BCUT2D eigenvalue weighted by Crippen LogP contribution is 2.39. The Bertz CT molecular complexity index is 1110. The number of piperidine rings is 1. The molecule has 2 saturated heterocycles. The fraction of sp³-hybridized carbons (Fsp3) is 0.444. The van der Waals surface area contributed by atoms with Crippen LogP contribution in [0.1, 0.15) is 54.4 Å². The standard InChI is InChI=1S/C27H32N4O3/c1-19-11-13-20(14-12-19)24(32)30-16-6-15-27(18-30)25(28-21-7-3-4-8-21)29-26(33)31(27)22-9-5-10-23(17-22)34-2/h5,9-14,17,21H,3-4,6-8,15-16,18H2,1-2H3,(H,28,29,33). The van der Waals surface area contributed by atoms with E-state index in [0.717, 1.165) is 36.9 Å². The van der Waals surface area contributed by atoms with Gasteiger partial charge in [0.2, 0.25) is 0 Å². The normalized spacial score (nSPS) is 24.2. The van der Waals surface area contributed by atoms with Gasteiger partial charge in [-0.25, -0.2) is 4.79 Å². The molecule has 5 rings (SSSR count). The third-order valence-corrected chi connectivity index (χ3v) is 7.30. The number of amidine groups is 1. The van der Waals surface area contributed by atoms with E-state index in [1.54, 1.807) is 12.0 Å². The number of likely N-dealkylation sites (tertiary alicyclic amines) is 1. The molecule has 1 atom stereocenters. The second-order valence-electron chi connectivity index (χ2n) is 9.61. The molecule has 1 saturated carbocycles. The average Bonchev–Trinajstić information content (AvgIpc) is 3.45. The lowest BCUT2D eigenvalue weighted by molar-refractivity contribution is 0.0686. The minimum Gasteiger partial charge on any atom is -0.497 e. The summed E-state index contributed by atoms with van der Waals surface area (Å²) < 4.78 is 5.43. The van der Waals surface area contributed by atoms with Gasteiger partial charge in [-0.3, -0.25) is 20.0 Å². The van der Waals surface area contributed by atoms with Gasteiger partial charge >= 0.3 is 6.03 Å². The molecule has 7 heteroatoms. The number of aryl methyl sites for hydroxylation is 1. The van der Waals surface area contributed by atoms with E-state index in [9.17, 15) is 9.59 Å². The summed E-state index contributed by atoms with van der Waals surface area (Å²) in [4.78, 5) is 35.6. The average molecular weight is 461 g/mol. The van der Waals surface area contributed by atoms with Gasteiger partial charge < -0.3 is 9.64 Å². The predicted molar refractivity (Wildman–Crippen MR) is 133 cm³/mol. The van der Waals surface area contributed by atoms with Gasteiger partial charge in [-0.05, 0) is 56.9 Å². The maximum absolute atomic E-state index is 13.5. The molecule has 0 aromatic heterocycles. The molecule has 7 nitrogen and oxygen atoms in total. The first-order valence-corrected chi connectivity index (χ1v) is 12.2. The number of urea groups is 1. The van der Waals surface area contributed by atoms with Gasteiger partial charge in [-0.15, -0.1) is 0 Å². The SMILES string of the molecule is COc1cccc(N2C(=O)NC(=NC3CCCC3)C23CCCN(C(=O)c2ccc(C)cc2)C3)c1. The summed E-state index contributed by atoms with van der Waals surface area (Å²) in [6.45, 7) is 3.07. The van der Waals surface area contributed by atoms with Crippen molar-refractivity contribution in [2.75, 3.05) is 25.1 Å². The molecule has 2 aliphatic heterocycles. The molecule has 1 N–H and O–H groups in total. The van der Waals surface area contributed by atoms with Gasteiger partial charge in [0.15, 0.2) is 0 Å². The number of hydrogen-bond acceptors (Lipinski definition) is 4. The molecule has 178 valence electrons. The Morgan fingerprint density at radius 2 is 1.88 bits per heavy atom. The van der Waals surface area contributed by atoms with E-state index in [-0.39, 0.29) is 18.0 Å². The van der Waals surface area contributed by atoms with Gasteiger partial charge in [-0.1, -0.05) is 36.6 Å². The topological polar surface area (TPSA) is 74.2 Å². The number of aliphatic imine (C=N–C) groups is 1.